The zero-order valence-electron chi connectivity index (χ0n) is 20.0. The predicted octanol–water partition coefficient (Wildman–Crippen LogP) is 3.51. The van der Waals surface area contributed by atoms with Crippen molar-refractivity contribution >= 4 is 34.0 Å². The summed E-state index contributed by atoms with van der Waals surface area (Å²) in [5, 5.41) is 15.2. The van der Waals surface area contributed by atoms with Crippen LogP contribution in [0.4, 0.5) is 5.13 Å². The van der Waals surface area contributed by atoms with Gasteiger partial charge in [0.25, 0.3) is 5.91 Å². The average Bonchev–Trinajstić information content (AvgIpc) is 3.41. The van der Waals surface area contributed by atoms with Crippen LogP contribution in [-0.4, -0.2) is 42.2 Å². The summed E-state index contributed by atoms with van der Waals surface area (Å²) in [6, 6.07) is 29.9. The molecular weight excluding hydrogens is 486 g/mol. The van der Waals surface area contributed by atoms with Gasteiger partial charge >= 0.3 is 0 Å². The summed E-state index contributed by atoms with van der Waals surface area (Å²) >= 11 is 1.35. The average molecular weight is 512 g/mol. The number of nitrogens with zero attached hydrogens (tertiary/aromatic N) is 2. The molecule has 1 fully saturated rings. The van der Waals surface area contributed by atoms with Crippen molar-refractivity contribution in [3.63, 3.8) is 0 Å². The highest BCUT2D eigenvalue weighted by atomic mass is 32.1. The van der Waals surface area contributed by atoms with Crippen LogP contribution >= 0.6 is 11.3 Å². The molecule has 0 aliphatic carbocycles. The fraction of sp³-hybridized carbons (Fsp3) is 0.143. The molecule has 0 radical (unpaired) electrons. The van der Waals surface area contributed by atoms with E-state index in [1.807, 2.05) is 54.6 Å². The minimum atomic E-state index is -0.760. The molecule has 2 amide bonds. The number of nitrogens with one attached hydrogen (secondary N) is 3. The van der Waals surface area contributed by atoms with E-state index in [4.69, 9.17) is 9.82 Å². The first kappa shape index (κ1) is 24.2. The van der Waals surface area contributed by atoms with Crippen molar-refractivity contribution in [1.29, 1.82) is 0 Å². The predicted molar refractivity (Wildman–Crippen MR) is 143 cm³/mol. The molecule has 186 valence electrons. The third kappa shape index (κ3) is 4.81. The third-order valence-electron chi connectivity index (χ3n) is 6.16. The van der Waals surface area contributed by atoms with Gasteiger partial charge in [-0.1, -0.05) is 96.2 Å². The van der Waals surface area contributed by atoms with Crippen LogP contribution in [0.2, 0.25) is 0 Å². The summed E-state index contributed by atoms with van der Waals surface area (Å²) in [4.78, 5) is 34.2. The number of oxime groups is 1. The number of thiazole rings is 1. The molecule has 9 heteroatoms. The Morgan fingerprint density at radius 3 is 1.95 bits per heavy atom. The van der Waals surface area contributed by atoms with E-state index in [2.05, 4.69) is 57.5 Å². The van der Waals surface area contributed by atoms with Gasteiger partial charge in [0, 0.05) is 11.9 Å². The lowest BCUT2D eigenvalue weighted by Gasteiger charge is -2.36. The van der Waals surface area contributed by atoms with Gasteiger partial charge in [-0.3, -0.25) is 9.59 Å². The standard InChI is InChI=1S/C28H25N5O3S/c1-36-33-24(26(35)30-22-17-29-25(22)34)23-18-37-27(31-23)32-28(19-11-5-2-6-12-19,20-13-7-3-8-14-20)21-15-9-4-10-16-21/h2-16,18,22H,17H2,1H3,(H,29,34)(H,30,35)(H,31,32)/b33-24-. The lowest BCUT2D eigenvalue weighted by atomic mass is 9.77. The summed E-state index contributed by atoms with van der Waals surface area (Å²) in [5.74, 6) is -0.761. The van der Waals surface area contributed by atoms with E-state index in [0.717, 1.165) is 16.7 Å². The van der Waals surface area contributed by atoms with Gasteiger partial charge in [-0.05, 0) is 16.7 Å². The Morgan fingerprint density at radius 2 is 1.51 bits per heavy atom. The normalized spacial score (nSPS) is 15.3. The van der Waals surface area contributed by atoms with E-state index in [9.17, 15) is 9.59 Å². The Morgan fingerprint density at radius 1 is 0.973 bits per heavy atom. The van der Waals surface area contributed by atoms with Crippen molar-refractivity contribution in [2.24, 2.45) is 5.16 Å². The molecule has 3 N–H and O–H groups in total. The summed E-state index contributed by atoms with van der Waals surface area (Å²) in [6.07, 6.45) is 0. The van der Waals surface area contributed by atoms with Crippen LogP contribution in [0.15, 0.2) is 102 Å². The first-order chi connectivity index (χ1) is 18.1. The van der Waals surface area contributed by atoms with E-state index in [-0.39, 0.29) is 11.6 Å². The van der Waals surface area contributed by atoms with Gasteiger partial charge in [-0.2, -0.15) is 0 Å². The molecule has 1 aliphatic heterocycles. The minimum Gasteiger partial charge on any atom is -0.398 e. The smallest absolute Gasteiger partial charge is 0.276 e. The maximum absolute atomic E-state index is 12.9. The first-order valence-electron chi connectivity index (χ1n) is 11.7. The Balaban J connectivity index is 1.56. The molecule has 0 saturated carbocycles. The third-order valence-corrected chi connectivity index (χ3v) is 6.92. The van der Waals surface area contributed by atoms with Crippen LogP contribution in [-0.2, 0) is 20.0 Å². The molecule has 1 aliphatic rings. The SMILES string of the molecule is CO/N=C(\C(=O)NC1CNC1=O)c1csc(NC(c2ccccc2)(c2ccccc2)c2ccccc2)n1. The quantitative estimate of drug-likeness (QED) is 0.138. The van der Waals surface area contributed by atoms with E-state index >= 15 is 0 Å². The van der Waals surface area contributed by atoms with Crippen molar-refractivity contribution in [2.45, 2.75) is 11.6 Å². The molecule has 1 unspecified atom stereocenters. The molecule has 2 heterocycles. The van der Waals surface area contributed by atoms with Crippen molar-refractivity contribution in [1.82, 2.24) is 15.6 Å². The second-order valence-corrected chi connectivity index (χ2v) is 9.26. The van der Waals surface area contributed by atoms with Crippen LogP contribution in [0.25, 0.3) is 0 Å². The van der Waals surface area contributed by atoms with Gasteiger partial charge in [-0.25, -0.2) is 4.98 Å². The highest BCUT2D eigenvalue weighted by molar-refractivity contribution is 7.14. The molecule has 37 heavy (non-hydrogen) atoms. The van der Waals surface area contributed by atoms with Crippen molar-refractivity contribution < 1.29 is 14.4 Å². The fourth-order valence-corrected chi connectivity index (χ4v) is 5.06. The van der Waals surface area contributed by atoms with Crippen LogP contribution in [0.3, 0.4) is 0 Å². The van der Waals surface area contributed by atoms with Crippen LogP contribution in [0.5, 0.6) is 0 Å². The van der Waals surface area contributed by atoms with Crippen LogP contribution in [0, 0.1) is 0 Å². The van der Waals surface area contributed by atoms with Gasteiger partial charge in [0.15, 0.2) is 10.8 Å². The molecule has 1 saturated heterocycles. The number of aromatic nitrogens is 1. The zero-order chi connectivity index (χ0) is 25.7. The van der Waals surface area contributed by atoms with E-state index < -0.39 is 17.5 Å². The number of carbonyl (C=O) groups excluding carboxylic acids is 2. The fourth-order valence-electron chi connectivity index (χ4n) is 4.31. The monoisotopic (exact) mass is 511 g/mol. The molecule has 3 aromatic carbocycles. The number of amides is 2. The summed E-state index contributed by atoms with van der Waals surface area (Å²) in [5.41, 5.74) is 2.67. The molecule has 0 bridgehead atoms. The Labute approximate surface area is 218 Å². The van der Waals surface area contributed by atoms with Crippen LogP contribution in [0.1, 0.15) is 22.4 Å². The second-order valence-electron chi connectivity index (χ2n) is 8.40. The van der Waals surface area contributed by atoms with Gasteiger partial charge in [0.2, 0.25) is 5.91 Å². The van der Waals surface area contributed by atoms with Gasteiger partial charge < -0.3 is 20.8 Å². The number of hydrogen-bond acceptors (Lipinski definition) is 7. The lowest BCUT2D eigenvalue weighted by Crippen LogP contribution is -2.62. The van der Waals surface area contributed by atoms with Gasteiger partial charge in [0.05, 0.1) is 0 Å². The molecular formula is C28H25N5O3S. The Bertz CT molecular complexity index is 1310. The van der Waals surface area contributed by atoms with Crippen molar-refractivity contribution in [2.75, 3.05) is 19.0 Å². The summed E-state index contributed by atoms with van der Waals surface area (Å²) in [6.45, 7) is 0.377. The maximum Gasteiger partial charge on any atom is 0.276 e. The molecule has 4 aromatic rings. The second kappa shape index (κ2) is 10.6. The molecule has 8 nitrogen and oxygen atoms in total. The summed E-state index contributed by atoms with van der Waals surface area (Å²) in [7, 11) is 1.36. The Hall–Kier alpha value is -4.50. The molecule has 1 atom stereocenters. The topological polar surface area (TPSA) is 105 Å². The maximum atomic E-state index is 12.9. The lowest BCUT2D eigenvalue weighted by molar-refractivity contribution is -0.131. The molecule has 1 aromatic heterocycles. The largest absolute Gasteiger partial charge is 0.398 e. The zero-order valence-corrected chi connectivity index (χ0v) is 20.9. The van der Waals surface area contributed by atoms with E-state index in [1.54, 1.807) is 5.38 Å². The number of hydrogen-bond donors (Lipinski definition) is 3. The number of carbonyl (C=O) groups is 2. The minimum absolute atomic E-state index is 0.00349. The van der Waals surface area contributed by atoms with Crippen molar-refractivity contribution in [3.05, 3.63) is 119 Å². The van der Waals surface area contributed by atoms with Gasteiger partial charge in [0.1, 0.15) is 24.4 Å². The number of anilines is 1. The molecule has 5 rings (SSSR count). The van der Waals surface area contributed by atoms with Crippen LogP contribution < -0.4 is 16.0 Å². The summed E-state index contributed by atoms with van der Waals surface area (Å²) < 4.78 is 0. The van der Waals surface area contributed by atoms with Gasteiger partial charge in [-0.15, -0.1) is 11.3 Å². The number of rotatable bonds is 9. The van der Waals surface area contributed by atoms with E-state index in [1.165, 1.54) is 18.4 Å². The highest BCUT2D eigenvalue weighted by Gasteiger charge is 2.37. The molecule has 0 spiro atoms. The number of β-lactam (4-membered cyclic amide) rings is 1. The van der Waals surface area contributed by atoms with Crippen molar-refractivity contribution in [3.8, 4) is 0 Å². The van der Waals surface area contributed by atoms with E-state index in [0.29, 0.717) is 17.4 Å². The Kier molecular flexibility index (Phi) is 6.96. The number of benzene rings is 3. The first-order valence-corrected chi connectivity index (χ1v) is 12.6. The highest BCUT2D eigenvalue weighted by Crippen LogP contribution is 2.40.